The second-order valence-electron chi connectivity index (χ2n) is 1.88. The first-order valence-corrected chi connectivity index (χ1v) is 3.11. The van der Waals surface area contributed by atoms with Gasteiger partial charge in [-0.3, -0.25) is 4.79 Å². The molecule has 0 aliphatic heterocycles. The molecule has 1 rings (SSSR count). The third-order valence-corrected chi connectivity index (χ3v) is 1.43. The fourth-order valence-electron chi connectivity index (χ4n) is 0.613. The predicted molar refractivity (Wildman–Crippen MR) is 38.5 cm³/mol. The summed E-state index contributed by atoms with van der Waals surface area (Å²) in [6.07, 6.45) is 0. The van der Waals surface area contributed by atoms with Gasteiger partial charge in [0.2, 0.25) is 0 Å². The van der Waals surface area contributed by atoms with Gasteiger partial charge in [0.1, 0.15) is 0 Å². The van der Waals surface area contributed by atoms with Crippen LogP contribution in [0, 0.1) is 0 Å². The van der Waals surface area contributed by atoms with Crippen molar-refractivity contribution >= 4 is 11.8 Å². The average molecular weight is 177 g/mol. The Labute approximate surface area is 66.0 Å². The minimum Gasteiger partial charge on any atom is -0.390 e. The minimum atomic E-state index is -0.747. The van der Waals surface area contributed by atoms with Crippen LogP contribution in [0.25, 0.3) is 0 Å². The number of halogens is 1. The second kappa shape index (κ2) is 2.89. The Morgan fingerprint density at radius 1 is 1.64 bits per heavy atom. The number of aromatic amines is 1. The molecule has 6 heteroatoms. The van der Waals surface area contributed by atoms with Gasteiger partial charge in [-0.2, -0.15) is 4.09 Å². The van der Waals surface area contributed by atoms with Crippen LogP contribution in [0.3, 0.4) is 0 Å². The molecule has 1 aromatic rings. The van der Waals surface area contributed by atoms with Crippen LogP contribution < -0.4 is 11.2 Å². The van der Waals surface area contributed by atoms with E-state index in [0.717, 1.165) is 6.07 Å². The summed E-state index contributed by atoms with van der Waals surface area (Å²) in [5, 5.41) is 8.52. The topological polar surface area (TPSA) is 75.1 Å². The number of hydrogen-bond acceptors (Lipinski definition) is 3. The molecular weight excluding hydrogens is 172 g/mol. The van der Waals surface area contributed by atoms with Gasteiger partial charge in [0, 0.05) is 17.8 Å². The van der Waals surface area contributed by atoms with E-state index in [1.807, 2.05) is 0 Å². The van der Waals surface area contributed by atoms with Gasteiger partial charge in [-0.15, -0.1) is 0 Å². The van der Waals surface area contributed by atoms with Crippen molar-refractivity contribution in [1.29, 1.82) is 0 Å². The smallest absolute Gasteiger partial charge is 0.343 e. The lowest BCUT2D eigenvalue weighted by atomic mass is 10.4. The maximum absolute atomic E-state index is 10.7. The molecule has 0 saturated carbocycles. The quantitative estimate of drug-likeness (QED) is 0.578. The molecule has 0 aliphatic rings. The predicted octanol–water partition coefficient (Wildman–Crippen LogP) is -0.969. The van der Waals surface area contributed by atoms with Crippen molar-refractivity contribution in [1.82, 2.24) is 9.07 Å². The zero-order valence-electron chi connectivity index (χ0n) is 5.37. The van der Waals surface area contributed by atoms with Crippen LogP contribution in [0.4, 0.5) is 0 Å². The Kier molecular flexibility index (Phi) is 2.11. The van der Waals surface area contributed by atoms with Gasteiger partial charge in [-0.1, -0.05) is 0 Å². The van der Waals surface area contributed by atoms with E-state index in [1.54, 1.807) is 0 Å². The first-order chi connectivity index (χ1) is 5.15. The van der Waals surface area contributed by atoms with Crippen LogP contribution in [-0.2, 0) is 6.61 Å². The Hall–Kier alpha value is -1.07. The van der Waals surface area contributed by atoms with Crippen LogP contribution in [0.2, 0.25) is 0 Å². The maximum atomic E-state index is 10.7. The highest BCUT2D eigenvalue weighted by atomic mass is 35.5. The van der Waals surface area contributed by atoms with E-state index in [0.29, 0.717) is 4.09 Å². The first kappa shape index (κ1) is 8.03. The van der Waals surface area contributed by atoms with Crippen LogP contribution >= 0.6 is 11.8 Å². The summed E-state index contributed by atoms with van der Waals surface area (Å²) in [7, 11) is 0. The third kappa shape index (κ3) is 1.50. The van der Waals surface area contributed by atoms with Gasteiger partial charge in [-0.25, -0.2) is 4.79 Å². The van der Waals surface area contributed by atoms with Crippen molar-refractivity contribution in [3.8, 4) is 0 Å². The lowest BCUT2D eigenvalue weighted by molar-refractivity contribution is 0.276. The highest BCUT2D eigenvalue weighted by molar-refractivity contribution is 6.15. The lowest BCUT2D eigenvalue weighted by Crippen LogP contribution is -2.29. The van der Waals surface area contributed by atoms with Gasteiger partial charge in [-0.05, 0) is 0 Å². The summed E-state index contributed by atoms with van der Waals surface area (Å²) < 4.78 is 0.402. The van der Waals surface area contributed by atoms with Crippen molar-refractivity contribution in [2.45, 2.75) is 6.61 Å². The zero-order chi connectivity index (χ0) is 8.43. The molecule has 0 radical (unpaired) electrons. The van der Waals surface area contributed by atoms with Crippen LogP contribution in [-0.4, -0.2) is 14.2 Å². The summed E-state index contributed by atoms with van der Waals surface area (Å²) in [5.41, 5.74) is -1.25. The standard InChI is InChI=1S/C5H5ClN2O3/c6-8-4(10)1-3(2-9)7-5(8)11/h1,9H,2H2,(H,7,11). The monoisotopic (exact) mass is 176 g/mol. The van der Waals surface area contributed by atoms with Gasteiger partial charge >= 0.3 is 5.69 Å². The maximum Gasteiger partial charge on any atom is 0.343 e. The van der Waals surface area contributed by atoms with Crippen molar-refractivity contribution in [2.24, 2.45) is 0 Å². The van der Waals surface area contributed by atoms with Gasteiger partial charge in [0.15, 0.2) is 0 Å². The Morgan fingerprint density at radius 2 is 2.27 bits per heavy atom. The molecule has 0 saturated heterocycles. The SMILES string of the molecule is O=c1cc(CO)[nH]c(=O)n1Cl. The first-order valence-electron chi connectivity index (χ1n) is 2.77. The number of H-pyrrole nitrogens is 1. The molecule has 5 nitrogen and oxygen atoms in total. The van der Waals surface area contributed by atoms with E-state index in [9.17, 15) is 9.59 Å². The largest absolute Gasteiger partial charge is 0.390 e. The van der Waals surface area contributed by atoms with Crippen molar-refractivity contribution in [2.75, 3.05) is 0 Å². The van der Waals surface area contributed by atoms with Crippen LogP contribution in [0.5, 0.6) is 0 Å². The van der Waals surface area contributed by atoms with E-state index >= 15 is 0 Å². The summed E-state index contributed by atoms with van der Waals surface area (Å²) in [6.45, 7) is -0.387. The highest BCUT2D eigenvalue weighted by Crippen LogP contribution is 1.83. The molecule has 0 amide bonds. The minimum absolute atomic E-state index is 0.150. The van der Waals surface area contributed by atoms with Gasteiger partial charge in [0.25, 0.3) is 5.56 Å². The van der Waals surface area contributed by atoms with Gasteiger partial charge < -0.3 is 10.1 Å². The molecule has 1 aromatic heterocycles. The summed E-state index contributed by atoms with van der Waals surface area (Å²) in [6, 6.07) is 1.05. The Balaban J connectivity index is 3.45. The fraction of sp³-hybridized carbons (Fsp3) is 0.200. The number of hydrogen-bond donors (Lipinski definition) is 2. The van der Waals surface area contributed by atoms with E-state index in [-0.39, 0.29) is 12.3 Å². The molecule has 0 aliphatic carbocycles. The second-order valence-corrected chi connectivity index (χ2v) is 2.21. The Morgan fingerprint density at radius 3 is 2.73 bits per heavy atom. The van der Waals surface area contributed by atoms with Crippen molar-refractivity contribution in [3.63, 3.8) is 0 Å². The summed E-state index contributed by atoms with van der Waals surface area (Å²) >= 11 is 5.19. The number of nitrogens with one attached hydrogen (secondary N) is 1. The third-order valence-electron chi connectivity index (χ3n) is 1.11. The van der Waals surface area contributed by atoms with Crippen molar-refractivity contribution in [3.05, 3.63) is 32.6 Å². The van der Waals surface area contributed by atoms with E-state index in [4.69, 9.17) is 16.9 Å². The van der Waals surface area contributed by atoms with E-state index in [2.05, 4.69) is 4.98 Å². The molecule has 0 bridgehead atoms. The van der Waals surface area contributed by atoms with E-state index in [1.165, 1.54) is 0 Å². The molecule has 1 heterocycles. The highest BCUT2D eigenvalue weighted by Gasteiger charge is 1.99. The molecular formula is C5H5ClN2O3. The Bertz CT molecular complexity index is 335. The van der Waals surface area contributed by atoms with Gasteiger partial charge in [0.05, 0.1) is 12.3 Å². The zero-order valence-corrected chi connectivity index (χ0v) is 6.13. The number of aromatic nitrogens is 2. The molecule has 0 aromatic carbocycles. The van der Waals surface area contributed by atoms with Crippen molar-refractivity contribution < 1.29 is 5.11 Å². The fourth-order valence-corrected chi connectivity index (χ4v) is 0.705. The number of aliphatic hydroxyl groups is 1. The number of nitrogens with zero attached hydrogens (tertiary/aromatic N) is 1. The summed E-state index contributed by atoms with van der Waals surface area (Å²) in [5.74, 6) is 0. The molecule has 60 valence electrons. The number of aliphatic hydroxyl groups excluding tert-OH is 1. The lowest BCUT2D eigenvalue weighted by Gasteiger charge is -1.94. The molecule has 0 fully saturated rings. The summed E-state index contributed by atoms with van der Waals surface area (Å²) in [4.78, 5) is 23.6. The molecule has 0 atom stereocenters. The normalized spacial score (nSPS) is 10.0. The molecule has 11 heavy (non-hydrogen) atoms. The average Bonchev–Trinajstić information content (AvgIpc) is 1.99. The molecule has 0 unspecified atom stereocenters. The van der Waals surface area contributed by atoms with Crippen LogP contribution in [0.15, 0.2) is 15.7 Å². The van der Waals surface area contributed by atoms with Crippen LogP contribution in [0.1, 0.15) is 5.69 Å². The molecule has 0 spiro atoms. The number of rotatable bonds is 1. The van der Waals surface area contributed by atoms with E-state index < -0.39 is 11.2 Å². The molecule has 2 N–H and O–H groups in total.